The molecule has 2 saturated carbocycles. The second-order valence-corrected chi connectivity index (χ2v) is 7.61. The Labute approximate surface area is 150 Å². The van der Waals surface area contributed by atoms with Crippen molar-refractivity contribution in [3.05, 3.63) is 36.3 Å². The molecule has 2 aliphatic rings. The Kier molecular flexibility index (Phi) is 4.09. The van der Waals surface area contributed by atoms with Gasteiger partial charge in [-0.1, -0.05) is 13.0 Å². The van der Waals surface area contributed by atoms with Crippen molar-refractivity contribution in [1.82, 2.24) is 20.6 Å². The summed E-state index contributed by atoms with van der Waals surface area (Å²) in [7, 11) is 0. The third kappa shape index (κ3) is 3.02. The standard InChI is InChI=1S/C19H21FN4O2/c1-19(9-12(20)10-19)18(26)24-14-7-13(8-14)23-17(25)16-15-11(4-6-22-16)3-2-5-21-15/h2-6,12-14H,7-10H2,1H3,(H,23,25)(H,24,26). The highest BCUT2D eigenvalue weighted by molar-refractivity contribution is 6.03. The summed E-state index contributed by atoms with van der Waals surface area (Å²) in [5, 5.41) is 6.78. The number of hydrogen-bond donors (Lipinski definition) is 2. The Morgan fingerprint density at radius 2 is 1.85 bits per heavy atom. The summed E-state index contributed by atoms with van der Waals surface area (Å²) >= 11 is 0. The summed E-state index contributed by atoms with van der Waals surface area (Å²) in [6.45, 7) is 1.80. The number of hydrogen-bond acceptors (Lipinski definition) is 4. The summed E-state index contributed by atoms with van der Waals surface area (Å²) in [6.07, 6.45) is 4.31. The quantitative estimate of drug-likeness (QED) is 0.879. The minimum absolute atomic E-state index is 0.00307. The molecule has 2 aromatic rings. The molecule has 0 saturated heterocycles. The van der Waals surface area contributed by atoms with Crippen LogP contribution in [0, 0.1) is 5.41 Å². The van der Waals surface area contributed by atoms with Gasteiger partial charge in [-0.3, -0.25) is 14.6 Å². The van der Waals surface area contributed by atoms with Crippen molar-refractivity contribution in [2.45, 2.75) is 50.9 Å². The molecule has 2 heterocycles. The maximum atomic E-state index is 13.0. The van der Waals surface area contributed by atoms with Crippen LogP contribution in [0.1, 0.15) is 43.1 Å². The molecule has 7 heteroatoms. The molecule has 0 atom stereocenters. The lowest BCUT2D eigenvalue weighted by atomic mass is 9.68. The predicted octanol–water partition coefficient (Wildman–Crippen LogP) is 2.14. The van der Waals surface area contributed by atoms with Crippen molar-refractivity contribution in [1.29, 1.82) is 0 Å². The fourth-order valence-corrected chi connectivity index (χ4v) is 3.74. The van der Waals surface area contributed by atoms with Crippen LogP contribution in [-0.2, 0) is 4.79 Å². The van der Waals surface area contributed by atoms with Crippen LogP contribution < -0.4 is 10.6 Å². The topological polar surface area (TPSA) is 84.0 Å². The molecular formula is C19H21FN4O2. The molecule has 0 radical (unpaired) electrons. The van der Waals surface area contributed by atoms with Gasteiger partial charge < -0.3 is 10.6 Å². The number of rotatable bonds is 4. The highest BCUT2D eigenvalue weighted by Gasteiger charge is 2.47. The monoisotopic (exact) mass is 356 g/mol. The molecule has 2 amide bonds. The number of halogens is 1. The van der Waals surface area contributed by atoms with Gasteiger partial charge in [0.25, 0.3) is 5.91 Å². The predicted molar refractivity (Wildman–Crippen MR) is 94.2 cm³/mol. The first-order chi connectivity index (χ1) is 12.4. The van der Waals surface area contributed by atoms with Gasteiger partial charge in [-0.25, -0.2) is 9.37 Å². The first-order valence-electron chi connectivity index (χ1n) is 8.90. The van der Waals surface area contributed by atoms with Crippen molar-refractivity contribution in [2.75, 3.05) is 0 Å². The van der Waals surface area contributed by atoms with Gasteiger partial charge in [0.1, 0.15) is 11.7 Å². The average Bonchev–Trinajstić information content (AvgIpc) is 2.57. The van der Waals surface area contributed by atoms with E-state index in [9.17, 15) is 14.0 Å². The lowest BCUT2D eigenvalue weighted by molar-refractivity contribution is -0.140. The molecule has 0 aromatic carbocycles. The van der Waals surface area contributed by atoms with E-state index in [1.807, 2.05) is 18.2 Å². The zero-order valence-corrected chi connectivity index (χ0v) is 14.5. The van der Waals surface area contributed by atoms with Gasteiger partial charge in [0.2, 0.25) is 5.91 Å². The summed E-state index contributed by atoms with van der Waals surface area (Å²) in [4.78, 5) is 33.1. The fourth-order valence-electron chi connectivity index (χ4n) is 3.74. The van der Waals surface area contributed by atoms with E-state index < -0.39 is 11.6 Å². The van der Waals surface area contributed by atoms with Crippen LogP contribution in [-0.4, -0.2) is 40.0 Å². The van der Waals surface area contributed by atoms with E-state index in [0.717, 1.165) is 5.39 Å². The molecule has 136 valence electrons. The van der Waals surface area contributed by atoms with E-state index >= 15 is 0 Å². The highest BCUT2D eigenvalue weighted by atomic mass is 19.1. The SMILES string of the molecule is CC1(C(=O)NC2CC(NC(=O)c3nccc4cccnc34)C2)CC(F)C1. The number of nitrogens with zero attached hydrogens (tertiary/aromatic N) is 2. The van der Waals surface area contributed by atoms with Gasteiger partial charge in [-0.05, 0) is 37.8 Å². The second kappa shape index (κ2) is 6.30. The number of fused-ring (bicyclic) bond motifs is 1. The Morgan fingerprint density at radius 1 is 1.12 bits per heavy atom. The molecule has 2 fully saturated rings. The first-order valence-corrected chi connectivity index (χ1v) is 8.90. The molecule has 26 heavy (non-hydrogen) atoms. The van der Waals surface area contributed by atoms with E-state index in [1.54, 1.807) is 19.3 Å². The number of amides is 2. The molecule has 0 unspecified atom stereocenters. The zero-order chi connectivity index (χ0) is 18.3. The summed E-state index contributed by atoms with van der Waals surface area (Å²) in [5.41, 5.74) is 0.314. The van der Waals surface area contributed by atoms with Crippen LogP contribution in [0.2, 0.25) is 0 Å². The van der Waals surface area contributed by atoms with E-state index in [0.29, 0.717) is 36.9 Å². The van der Waals surface area contributed by atoms with Gasteiger partial charge in [-0.2, -0.15) is 0 Å². The Bertz CT molecular complexity index is 854. The smallest absolute Gasteiger partial charge is 0.272 e. The summed E-state index contributed by atoms with van der Waals surface area (Å²) < 4.78 is 13.0. The fraction of sp³-hybridized carbons (Fsp3) is 0.474. The van der Waals surface area contributed by atoms with Crippen LogP contribution in [0.5, 0.6) is 0 Å². The van der Waals surface area contributed by atoms with Gasteiger partial charge in [0, 0.05) is 29.9 Å². The normalized spacial score (nSPS) is 30.2. The van der Waals surface area contributed by atoms with Gasteiger partial charge in [-0.15, -0.1) is 0 Å². The molecule has 2 aliphatic carbocycles. The van der Waals surface area contributed by atoms with Gasteiger partial charge in [0.15, 0.2) is 5.69 Å². The van der Waals surface area contributed by atoms with E-state index in [2.05, 4.69) is 20.6 Å². The van der Waals surface area contributed by atoms with Gasteiger partial charge in [0.05, 0.1) is 5.41 Å². The lowest BCUT2D eigenvalue weighted by Gasteiger charge is -2.43. The summed E-state index contributed by atoms with van der Waals surface area (Å²) in [6, 6.07) is 5.55. The Morgan fingerprint density at radius 3 is 2.58 bits per heavy atom. The number of nitrogens with one attached hydrogen (secondary N) is 2. The number of carbonyl (C=O) groups is 2. The number of pyridine rings is 2. The first kappa shape index (κ1) is 16.9. The minimum Gasteiger partial charge on any atom is -0.353 e. The molecule has 2 aromatic heterocycles. The molecule has 0 spiro atoms. The van der Waals surface area contributed by atoms with Crippen molar-refractivity contribution >= 4 is 22.7 Å². The highest BCUT2D eigenvalue weighted by Crippen LogP contribution is 2.43. The Hall–Kier alpha value is -2.57. The van der Waals surface area contributed by atoms with Crippen molar-refractivity contribution in [3.8, 4) is 0 Å². The summed E-state index contributed by atoms with van der Waals surface area (Å²) in [5.74, 6) is -0.337. The molecule has 0 bridgehead atoms. The van der Waals surface area contributed by atoms with Crippen LogP contribution in [0.3, 0.4) is 0 Å². The van der Waals surface area contributed by atoms with E-state index in [4.69, 9.17) is 0 Å². The lowest BCUT2D eigenvalue weighted by Crippen LogP contribution is -2.58. The molecule has 0 aliphatic heterocycles. The molecular weight excluding hydrogens is 335 g/mol. The van der Waals surface area contributed by atoms with Crippen LogP contribution in [0.25, 0.3) is 10.9 Å². The van der Waals surface area contributed by atoms with E-state index in [1.165, 1.54) is 0 Å². The van der Waals surface area contributed by atoms with E-state index in [-0.39, 0.29) is 23.9 Å². The number of aromatic nitrogens is 2. The van der Waals surface area contributed by atoms with Crippen molar-refractivity contribution in [2.24, 2.45) is 5.41 Å². The van der Waals surface area contributed by atoms with Crippen LogP contribution >= 0.6 is 0 Å². The Balaban J connectivity index is 1.31. The zero-order valence-electron chi connectivity index (χ0n) is 14.5. The maximum Gasteiger partial charge on any atom is 0.272 e. The number of alkyl halides is 1. The molecule has 6 nitrogen and oxygen atoms in total. The van der Waals surface area contributed by atoms with Crippen LogP contribution in [0.15, 0.2) is 30.6 Å². The third-order valence-corrected chi connectivity index (χ3v) is 5.44. The second-order valence-electron chi connectivity index (χ2n) is 7.61. The molecule has 4 rings (SSSR count). The third-order valence-electron chi connectivity index (χ3n) is 5.44. The number of carbonyl (C=O) groups excluding carboxylic acids is 2. The van der Waals surface area contributed by atoms with Gasteiger partial charge >= 0.3 is 0 Å². The largest absolute Gasteiger partial charge is 0.353 e. The average molecular weight is 356 g/mol. The van der Waals surface area contributed by atoms with Crippen molar-refractivity contribution < 1.29 is 14.0 Å². The van der Waals surface area contributed by atoms with Crippen molar-refractivity contribution in [3.63, 3.8) is 0 Å². The van der Waals surface area contributed by atoms with Crippen LogP contribution in [0.4, 0.5) is 4.39 Å². The maximum absolute atomic E-state index is 13.0. The minimum atomic E-state index is -0.860. The molecule has 2 N–H and O–H groups in total.